The number of aryl methyl sites for hydroxylation is 3. The van der Waals surface area contributed by atoms with E-state index in [9.17, 15) is 4.79 Å². The van der Waals surface area contributed by atoms with Crippen LogP contribution in [0, 0.1) is 26.7 Å². The highest BCUT2D eigenvalue weighted by Gasteiger charge is 2.12. The summed E-state index contributed by atoms with van der Waals surface area (Å²) in [6.07, 6.45) is 7.35. The Labute approximate surface area is 157 Å². The lowest BCUT2D eigenvalue weighted by Crippen LogP contribution is -2.25. The van der Waals surface area contributed by atoms with Crippen LogP contribution in [0.5, 0.6) is 0 Å². The number of nitrogens with zero attached hydrogens (tertiary/aromatic N) is 3. The number of nitrogens with one attached hydrogen (secondary N) is 1. The zero-order chi connectivity index (χ0) is 19.1. The minimum atomic E-state index is 0.128. The van der Waals surface area contributed by atoms with Crippen molar-refractivity contribution in [2.75, 3.05) is 6.54 Å². The molecule has 0 saturated carbocycles. The summed E-state index contributed by atoms with van der Waals surface area (Å²) in [6, 6.07) is 1.98. The molecule has 2 heterocycles. The van der Waals surface area contributed by atoms with Gasteiger partial charge in [-0.25, -0.2) is 9.50 Å². The zero-order valence-corrected chi connectivity index (χ0v) is 17.1. The van der Waals surface area contributed by atoms with Crippen LogP contribution in [-0.4, -0.2) is 27.0 Å². The molecule has 5 nitrogen and oxygen atoms in total. The minimum Gasteiger partial charge on any atom is -0.356 e. The molecule has 0 atom stereocenters. The van der Waals surface area contributed by atoms with E-state index in [0.29, 0.717) is 12.8 Å². The van der Waals surface area contributed by atoms with E-state index in [1.54, 1.807) is 0 Å². The summed E-state index contributed by atoms with van der Waals surface area (Å²) in [5, 5.41) is 7.54. The molecular formula is C21H34N4O. The molecule has 0 radical (unpaired) electrons. The Morgan fingerprint density at radius 2 is 1.88 bits per heavy atom. The number of hydrogen-bond donors (Lipinski definition) is 1. The van der Waals surface area contributed by atoms with E-state index in [-0.39, 0.29) is 5.91 Å². The number of hydrogen-bond acceptors (Lipinski definition) is 3. The molecule has 5 heteroatoms. The predicted octanol–water partition coefficient (Wildman–Crippen LogP) is 4.31. The van der Waals surface area contributed by atoms with Crippen LogP contribution in [0.25, 0.3) is 5.65 Å². The van der Waals surface area contributed by atoms with Crippen LogP contribution >= 0.6 is 0 Å². The molecule has 1 amide bonds. The number of unbranched alkanes of at least 4 members (excludes halogenated alkanes) is 3. The molecule has 0 aliphatic rings. The maximum Gasteiger partial charge on any atom is 0.220 e. The van der Waals surface area contributed by atoms with Crippen molar-refractivity contribution in [2.24, 2.45) is 5.92 Å². The molecule has 0 bridgehead atoms. The summed E-state index contributed by atoms with van der Waals surface area (Å²) < 4.78 is 1.88. The summed E-state index contributed by atoms with van der Waals surface area (Å²) in [4.78, 5) is 16.8. The van der Waals surface area contributed by atoms with Crippen LogP contribution in [0.2, 0.25) is 0 Å². The standard InChI is InChI=1S/C21H34N4O/c1-15(2)10-8-6-7-9-13-22-21(26)12-11-19-17(4)23-20-14-16(3)24-25(20)18(19)5/h14-15H,6-13H2,1-5H3,(H,22,26). The quantitative estimate of drug-likeness (QED) is 0.644. The monoisotopic (exact) mass is 358 g/mol. The van der Waals surface area contributed by atoms with Gasteiger partial charge in [-0.2, -0.15) is 5.10 Å². The van der Waals surface area contributed by atoms with Gasteiger partial charge in [0.2, 0.25) is 5.91 Å². The van der Waals surface area contributed by atoms with Crippen molar-refractivity contribution in [3.8, 4) is 0 Å². The van der Waals surface area contributed by atoms with Gasteiger partial charge >= 0.3 is 0 Å². The van der Waals surface area contributed by atoms with Gasteiger partial charge in [0.15, 0.2) is 5.65 Å². The van der Waals surface area contributed by atoms with E-state index in [0.717, 1.165) is 47.2 Å². The number of rotatable bonds is 10. The van der Waals surface area contributed by atoms with E-state index in [2.05, 4.69) is 36.2 Å². The molecule has 26 heavy (non-hydrogen) atoms. The molecule has 2 aromatic heterocycles. The molecule has 2 aromatic rings. The first-order valence-electron chi connectivity index (χ1n) is 9.97. The van der Waals surface area contributed by atoms with Gasteiger partial charge in [-0.15, -0.1) is 0 Å². The average molecular weight is 359 g/mol. The van der Waals surface area contributed by atoms with Crippen LogP contribution in [0.3, 0.4) is 0 Å². The van der Waals surface area contributed by atoms with Crippen LogP contribution in [0.1, 0.15) is 75.0 Å². The van der Waals surface area contributed by atoms with E-state index in [1.165, 1.54) is 25.7 Å². The van der Waals surface area contributed by atoms with Crippen molar-refractivity contribution in [3.05, 3.63) is 28.7 Å². The minimum absolute atomic E-state index is 0.128. The fourth-order valence-electron chi connectivity index (χ4n) is 3.39. The smallest absolute Gasteiger partial charge is 0.220 e. The Hall–Kier alpha value is -1.91. The Morgan fingerprint density at radius 3 is 2.62 bits per heavy atom. The highest BCUT2D eigenvalue weighted by atomic mass is 16.1. The lowest BCUT2D eigenvalue weighted by atomic mass is 10.0. The Kier molecular flexibility index (Phi) is 7.61. The molecule has 0 fully saturated rings. The summed E-state index contributed by atoms with van der Waals surface area (Å²) in [5.41, 5.74) is 5.04. The normalized spacial score (nSPS) is 11.5. The van der Waals surface area contributed by atoms with Gasteiger partial charge < -0.3 is 5.32 Å². The largest absolute Gasteiger partial charge is 0.356 e. The van der Waals surface area contributed by atoms with Crippen LogP contribution in [0.15, 0.2) is 6.07 Å². The fraction of sp³-hybridized carbons (Fsp3) is 0.667. The third-order valence-electron chi connectivity index (χ3n) is 4.92. The fourth-order valence-corrected chi connectivity index (χ4v) is 3.39. The first-order valence-corrected chi connectivity index (χ1v) is 9.97. The Morgan fingerprint density at radius 1 is 1.15 bits per heavy atom. The number of fused-ring (bicyclic) bond motifs is 1. The maximum absolute atomic E-state index is 12.1. The number of aromatic nitrogens is 3. The molecule has 1 N–H and O–H groups in total. The maximum atomic E-state index is 12.1. The molecule has 0 aliphatic carbocycles. The lowest BCUT2D eigenvalue weighted by molar-refractivity contribution is -0.121. The van der Waals surface area contributed by atoms with E-state index in [4.69, 9.17) is 0 Å². The number of amides is 1. The second kappa shape index (κ2) is 9.70. The van der Waals surface area contributed by atoms with E-state index in [1.807, 2.05) is 24.4 Å². The van der Waals surface area contributed by atoms with E-state index >= 15 is 0 Å². The van der Waals surface area contributed by atoms with Gasteiger partial charge in [0.25, 0.3) is 0 Å². The van der Waals surface area contributed by atoms with Gasteiger partial charge in [0, 0.05) is 30.4 Å². The third kappa shape index (κ3) is 5.82. The molecule has 0 aliphatic heterocycles. The van der Waals surface area contributed by atoms with Crippen LogP contribution in [0.4, 0.5) is 0 Å². The van der Waals surface area contributed by atoms with Gasteiger partial charge in [0.05, 0.1) is 5.69 Å². The van der Waals surface area contributed by atoms with Crippen LogP contribution < -0.4 is 5.32 Å². The molecule has 2 rings (SSSR count). The van der Waals surface area contributed by atoms with Gasteiger partial charge in [0.1, 0.15) is 0 Å². The molecular weight excluding hydrogens is 324 g/mol. The van der Waals surface area contributed by atoms with Gasteiger partial charge in [-0.1, -0.05) is 39.5 Å². The summed E-state index contributed by atoms with van der Waals surface area (Å²) >= 11 is 0. The van der Waals surface area contributed by atoms with Crippen molar-refractivity contribution >= 4 is 11.6 Å². The Balaban J connectivity index is 1.75. The number of carbonyl (C=O) groups is 1. The average Bonchev–Trinajstić information content (AvgIpc) is 2.94. The highest BCUT2D eigenvalue weighted by Crippen LogP contribution is 2.17. The predicted molar refractivity (Wildman–Crippen MR) is 106 cm³/mol. The summed E-state index contributed by atoms with van der Waals surface area (Å²) in [6.45, 7) is 11.4. The van der Waals surface area contributed by atoms with Gasteiger partial charge in [-0.05, 0) is 45.1 Å². The first-order chi connectivity index (χ1) is 12.4. The van der Waals surface area contributed by atoms with Crippen molar-refractivity contribution < 1.29 is 4.79 Å². The highest BCUT2D eigenvalue weighted by molar-refractivity contribution is 5.76. The Bertz CT molecular complexity index is 733. The van der Waals surface area contributed by atoms with Crippen molar-refractivity contribution in [1.29, 1.82) is 0 Å². The molecule has 0 spiro atoms. The third-order valence-corrected chi connectivity index (χ3v) is 4.92. The topological polar surface area (TPSA) is 59.3 Å². The van der Waals surface area contributed by atoms with Crippen molar-refractivity contribution in [3.63, 3.8) is 0 Å². The second-order valence-electron chi connectivity index (χ2n) is 7.76. The molecule has 0 aromatic carbocycles. The second-order valence-corrected chi connectivity index (χ2v) is 7.76. The lowest BCUT2D eigenvalue weighted by Gasteiger charge is -2.11. The summed E-state index contributed by atoms with van der Waals surface area (Å²) in [5.74, 6) is 0.920. The zero-order valence-electron chi connectivity index (χ0n) is 17.1. The van der Waals surface area contributed by atoms with Gasteiger partial charge in [-0.3, -0.25) is 4.79 Å². The van der Waals surface area contributed by atoms with Crippen LogP contribution in [-0.2, 0) is 11.2 Å². The van der Waals surface area contributed by atoms with E-state index < -0.39 is 0 Å². The summed E-state index contributed by atoms with van der Waals surface area (Å²) in [7, 11) is 0. The molecule has 0 unspecified atom stereocenters. The SMILES string of the molecule is Cc1cc2nc(C)c(CCC(=O)NCCCCCCC(C)C)c(C)n2n1. The molecule has 144 valence electrons. The van der Waals surface area contributed by atoms with Crippen molar-refractivity contribution in [2.45, 2.75) is 79.6 Å². The molecule has 0 saturated heterocycles. The van der Waals surface area contributed by atoms with Crippen molar-refractivity contribution in [1.82, 2.24) is 19.9 Å². The number of carbonyl (C=O) groups excluding carboxylic acids is 1. The first kappa shape index (κ1) is 20.4.